The molecular weight excluding hydrogens is 1500 g/mol. The molecule has 5 aliphatic heterocycles. The summed E-state index contributed by atoms with van der Waals surface area (Å²) in [5, 5.41) is 120. The molecule has 0 aliphatic carbocycles. The second-order valence-corrected chi connectivity index (χ2v) is 30.0. The van der Waals surface area contributed by atoms with E-state index in [2.05, 4.69) is 46.4 Å². The van der Waals surface area contributed by atoms with E-state index >= 15 is 0 Å². The monoisotopic (exact) mass is 1590 g/mol. The highest BCUT2D eigenvalue weighted by Crippen LogP contribution is 2.41. The van der Waals surface area contributed by atoms with Crippen LogP contribution in [0.25, 0.3) is 90.9 Å². The van der Waals surface area contributed by atoms with Crippen molar-refractivity contribution in [2.75, 3.05) is 136 Å². The molecule has 5 aliphatic rings. The molecule has 4 aromatic carbocycles. The SMILES string of the molecule is OCC1O[C@H](SCCOCCOCCOc2ccc(-c3c4nc(c(-c5ccc(OCCOCCOCCSC6OC(CO)[C@@H](O)[C@H](O)[C@H]6O)cc5)c5ccc([nH]5)c(-c5ccc(OCCOCCOCCSC6OC(CO)[C@@H](O)[C@H](O)[C@H]6O)cc5)c5nc(c(-c6ccccc6)c6ccc3[nH]6)C=C5)C=C4)cc2)[C@@H](O)[C@@H](O)C1O. The number of aliphatic hydroxyl groups is 12. The molecule has 598 valence electrons. The summed E-state index contributed by atoms with van der Waals surface area (Å²) in [6.07, 6.45) is -7.26. The molecule has 8 bridgehead atoms. The molecule has 6 unspecified atom stereocenters. The fraction of sp³-hybridized carbons (Fsp3) is 0.450. The van der Waals surface area contributed by atoms with Crippen LogP contribution in [0.1, 0.15) is 22.8 Å². The van der Waals surface area contributed by atoms with Crippen LogP contribution in [0.3, 0.4) is 0 Å². The first-order chi connectivity index (χ1) is 54.2. The first-order valence-electron chi connectivity index (χ1n) is 36.8. The highest BCUT2D eigenvalue weighted by Gasteiger charge is 2.46. The van der Waals surface area contributed by atoms with Crippen molar-refractivity contribution < 1.29 is 118 Å². The molecule has 0 spiro atoms. The fourth-order valence-corrected chi connectivity index (χ4v) is 16.2. The Kier molecular flexibility index (Phi) is 31.5. The van der Waals surface area contributed by atoms with Gasteiger partial charge in [-0.3, -0.25) is 0 Å². The topological polar surface area (TPSA) is 411 Å². The molecule has 111 heavy (non-hydrogen) atoms. The Labute approximate surface area is 653 Å². The van der Waals surface area contributed by atoms with Gasteiger partial charge in [-0.1, -0.05) is 66.7 Å². The van der Waals surface area contributed by atoms with Gasteiger partial charge in [0.25, 0.3) is 0 Å². The van der Waals surface area contributed by atoms with Crippen LogP contribution < -0.4 is 14.2 Å². The molecule has 0 radical (unpaired) electrons. The summed E-state index contributed by atoms with van der Waals surface area (Å²) in [7, 11) is 0. The second-order valence-electron chi connectivity index (χ2n) is 26.4. The highest BCUT2D eigenvalue weighted by molar-refractivity contribution is 8.00. The van der Waals surface area contributed by atoms with Crippen molar-refractivity contribution in [3.63, 3.8) is 0 Å². The van der Waals surface area contributed by atoms with E-state index in [0.29, 0.717) is 125 Å². The molecule has 3 fully saturated rings. The van der Waals surface area contributed by atoms with Crippen molar-refractivity contribution in [3.8, 4) is 61.8 Å². The van der Waals surface area contributed by atoms with Crippen LogP contribution in [0.5, 0.6) is 17.2 Å². The van der Waals surface area contributed by atoms with Gasteiger partial charge in [0.2, 0.25) is 0 Å². The van der Waals surface area contributed by atoms with E-state index in [1.165, 1.54) is 35.3 Å². The highest BCUT2D eigenvalue weighted by atomic mass is 32.2. The number of aliphatic hydroxyl groups excluding tert-OH is 12. The maximum absolute atomic E-state index is 10.4. The second kappa shape index (κ2) is 41.9. The van der Waals surface area contributed by atoms with E-state index < -0.39 is 109 Å². The molecule has 3 saturated heterocycles. The summed E-state index contributed by atoms with van der Waals surface area (Å²) < 4.78 is 69.8. The van der Waals surface area contributed by atoms with Gasteiger partial charge < -0.3 is 128 Å². The zero-order valence-electron chi connectivity index (χ0n) is 60.8. The van der Waals surface area contributed by atoms with Crippen LogP contribution in [0, 0.1) is 0 Å². The molecule has 28 nitrogen and oxygen atoms in total. The van der Waals surface area contributed by atoms with Crippen LogP contribution in [0.15, 0.2) is 127 Å². The van der Waals surface area contributed by atoms with Gasteiger partial charge in [0.15, 0.2) is 0 Å². The minimum absolute atomic E-state index is 0.264. The standard InChI is InChI=1S/C80H96N4O24S3/c85-44-62-69(88)72(91)75(94)78(106-62)109-41-38-100-29-26-97-32-35-103-51-12-6-48(7-13-51)66-56-20-18-54(81-56)65(47-4-2-1-3-5-47)55-19-21-57(82-55)67(49-8-14-52(15-9-49)104-36-33-98-27-30-101-39-42-110-79-76(95)73(92)70(89)63(45-86)107-79)59-23-25-61(84-59)68(60-24-22-58(66)83-60)50-10-16-53(17-11-50)105-37-34-99-28-31-102-40-43-111-80-77(96)74(93)71(90)64(46-87)108-80/h1-25,62-64,69-81,84-96H,26-46H2/t62?,63?,64?,69?,70-,71-,72+,73+,74+,75+,76-,77-,78-,79?,80?/m1/s1. The summed E-state index contributed by atoms with van der Waals surface area (Å²) in [5.74, 6) is 3.20. The van der Waals surface area contributed by atoms with Crippen LogP contribution in [-0.4, -0.2) is 307 Å². The van der Waals surface area contributed by atoms with Gasteiger partial charge in [0, 0.05) is 61.6 Å². The molecule has 0 saturated carbocycles. The van der Waals surface area contributed by atoms with Crippen molar-refractivity contribution in [2.45, 2.75) is 89.6 Å². The minimum atomic E-state index is -1.44. The third kappa shape index (κ3) is 21.7. The Morgan fingerprint density at radius 1 is 0.288 bits per heavy atom. The first kappa shape index (κ1) is 83.5. The van der Waals surface area contributed by atoms with E-state index in [0.717, 1.165) is 78.0 Å². The third-order valence-electron chi connectivity index (χ3n) is 18.9. The molecule has 31 heteroatoms. The van der Waals surface area contributed by atoms with Gasteiger partial charge in [-0.15, -0.1) is 35.3 Å². The number of benzene rings is 4. The van der Waals surface area contributed by atoms with Crippen LogP contribution in [0.4, 0.5) is 0 Å². The number of H-pyrrole nitrogens is 2. The number of hydrogen-bond acceptors (Lipinski definition) is 29. The fourth-order valence-electron chi connectivity index (χ4n) is 13.1. The Bertz CT molecular complexity index is 4180. The lowest BCUT2D eigenvalue weighted by molar-refractivity contribution is -0.205. The Balaban J connectivity index is 0.751. The Morgan fingerprint density at radius 3 is 0.811 bits per heavy atom. The van der Waals surface area contributed by atoms with Gasteiger partial charge >= 0.3 is 0 Å². The molecule has 0 amide bonds. The first-order valence-corrected chi connectivity index (χ1v) is 40.0. The number of aromatic amines is 2. The van der Waals surface area contributed by atoms with Crippen molar-refractivity contribution in [1.29, 1.82) is 0 Å². The average Bonchev–Trinajstić information content (AvgIpc) is 1.61. The predicted octanol–water partition coefficient (Wildman–Crippen LogP) is 5.16. The number of nitrogens with zero attached hydrogens (tertiary/aromatic N) is 2. The quantitative estimate of drug-likeness (QED) is 0.0221. The zero-order chi connectivity index (χ0) is 77.6. The molecular formula is C80H96N4O24S3. The molecule has 3 aromatic heterocycles. The molecule has 7 aromatic rings. The van der Waals surface area contributed by atoms with Crippen LogP contribution >= 0.6 is 35.3 Å². The van der Waals surface area contributed by atoms with Crippen molar-refractivity contribution in [1.82, 2.24) is 19.9 Å². The van der Waals surface area contributed by atoms with Crippen LogP contribution in [-0.2, 0) is 42.6 Å². The van der Waals surface area contributed by atoms with E-state index in [-0.39, 0.29) is 19.8 Å². The van der Waals surface area contributed by atoms with Crippen molar-refractivity contribution >= 4 is 81.7 Å². The van der Waals surface area contributed by atoms with Gasteiger partial charge in [0.1, 0.15) is 127 Å². The molecule has 15 atom stereocenters. The van der Waals surface area contributed by atoms with Crippen molar-refractivity contribution in [3.05, 3.63) is 150 Å². The van der Waals surface area contributed by atoms with E-state index in [1.807, 2.05) is 115 Å². The normalized spacial score (nSPS) is 24.5. The predicted molar refractivity (Wildman–Crippen MR) is 421 cm³/mol. The van der Waals surface area contributed by atoms with Gasteiger partial charge in [-0.05, 0) is 107 Å². The van der Waals surface area contributed by atoms with E-state index in [4.69, 9.17) is 66.8 Å². The number of ether oxygens (including phenoxy) is 12. The number of thioether (sulfide) groups is 3. The number of aromatic nitrogens is 4. The van der Waals surface area contributed by atoms with Gasteiger partial charge in [-0.2, -0.15) is 0 Å². The zero-order valence-corrected chi connectivity index (χ0v) is 63.3. The molecule has 12 rings (SSSR count). The Morgan fingerprint density at radius 2 is 0.541 bits per heavy atom. The molecule has 8 heterocycles. The number of hydrogen-bond donors (Lipinski definition) is 14. The van der Waals surface area contributed by atoms with E-state index in [1.54, 1.807) is 0 Å². The van der Waals surface area contributed by atoms with Crippen LogP contribution in [0.2, 0.25) is 0 Å². The summed E-state index contributed by atoms with van der Waals surface area (Å²) in [4.78, 5) is 18.6. The number of nitrogens with one attached hydrogen (secondary N) is 2. The van der Waals surface area contributed by atoms with Gasteiger partial charge in [-0.25, -0.2) is 9.97 Å². The summed E-state index contributed by atoms with van der Waals surface area (Å²) in [6.45, 7) is 3.04. The summed E-state index contributed by atoms with van der Waals surface area (Å²) in [5.41, 5.74) is 10.5. The maximum atomic E-state index is 10.4. The third-order valence-corrected chi connectivity index (χ3v) is 22.3. The lowest BCUT2D eigenvalue weighted by Gasteiger charge is -2.39. The van der Waals surface area contributed by atoms with Gasteiger partial charge in [0.05, 0.1) is 122 Å². The summed E-state index contributed by atoms with van der Waals surface area (Å²) in [6, 6.07) is 41.9. The number of fused-ring (bicyclic) bond motifs is 8. The average molecular weight is 1590 g/mol. The maximum Gasteiger partial charge on any atom is 0.132 e. The smallest absolute Gasteiger partial charge is 0.132 e. The lowest BCUT2D eigenvalue weighted by atomic mass is 10.0. The largest absolute Gasteiger partial charge is 0.491 e. The number of rotatable bonds is 40. The minimum Gasteiger partial charge on any atom is -0.491 e. The Hall–Kier alpha value is -6.91. The molecule has 14 N–H and O–H groups in total. The lowest BCUT2D eigenvalue weighted by Crippen LogP contribution is -2.57. The summed E-state index contributed by atoms with van der Waals surface area (Å²) >= 11 is 3.66. The van der Waals surface area contributed by atoms with E-state index in [9.17, 15) is 61.3 Å². The van der Waals surface area contributed by atoms with Crippen molar-refractivity contribution in [2.24, 2.45) is 0 Å².